The van der Waals surface area contributed by atoms with Gasteiger partial charge in [0.25, 0.3) is 0 Å². The first-order valence-corrected chi connectivity index (χ1v) is 6.44. The number of nitro groups is 1. The summed E-state index contributed by atoms with van der Waals surface area (Å²) in [5.41, 5.74) is -0.0857. The van der Waals surface area contributed by atoms with Crippen molar-refractivity contribution in [1.82, 2.24) is 0 Å². The number of hydrogen-bond acceptors (Lipinski definition) is 4. The molecule has 0 unspecified atom stereocenters. The van der Waals surface area contributed by atoms with Gasteiger partial charge >= 0.3 is 5.69 Å². The molecule has 0 saturated carbocycles. The minimum atomic E-state index is -0.492. The van der Waals surface area contributed by atoms with Crippen molar-refractivity contribution in [1.29, 1.82) is 0 Å². The maximum Gasteiger partial charge on any atom is 0.311 e. The summed E-state index contributed by atoms with van der Waals surface area (Å²) in [5.74, 6) is 1.33. The number of hydrogen-bond donors (Lipinski definition) is 0. The average molecular weight is 371 g/mol. The molecule has 0 amide bonds. The minimum absolute atomic E-state index is 0.0857. The number of nitrogens with zero attached hydrogens (tertiary/aromatic N) is 1. The Morgan fingerprint density at radius 1 is 1.16 bits per heavy atom. The van der Waals surface area contributed by atoms with Crippen molar-refractivity contribution in [2.45, 2.75) is 0 Å². The lowest BCUT2D eigenvalue weighted by Crippen LogP contribution is -1.94. The van der Waals surface area contributed by atoms with E-state index in [1.54, 1.807) is 6.07 Å². The largest absolute Gasteiger partial charge is 0.490 e. The lowest BCUT2D eigenvalue weighted by molar-refractivity contribution is -0.385. The van der Waals surface area contributed by atoms with Gasteiger partial charge in [-0.1, -0.05) is 6.07 Å². The van der Waals surface area contributed by atoms with Gasteiger partial charge in [0.1, 0.15) is 11.5 Å². The molecule has 0 aliphatic heterocycles. The van der Waals surface area contributed by atoms with Crippen LogP contribution < -0.4 is 9.47 Å². The second-order valence-electron chi connectivity index (χ2n) is 3.65. The summed E-state index contributed by atoms with van der Waals surface area (Å²) in [5, 5.41) is 10.8. The van der Waals surface area contributed by atoms with E-state index in [1.165, 1.54) is 19.2 Å². The van der Waals surface area contributed by atoms with Gasteiger partial charge in [-0.2, -0.15) is 0 Å². The predicted octanol–water partition coefficient (Wildman–Crippen LogP) is 4.00. The van der Waals surface area contributed by atoms with Crippen molar-refractivity contribution in [3.05, 3.63) is 56.1 Å². The number of ether oxygens (including phenoxy) is 2. The molecule has 2 aromatic carbocycles. The van der Waals surface area contributed by atoms with Crippen LogP contribution in [0, 0.1) is 13.7 Å². The second kappa shape index (κ2) is 5.87. The van der Waals surface area contributed by atoms with Gasteiger partial charge in [-0.05, 0) is 46.9 Å². The summed E-state index contributed by atoms with van der Waals surface area (Å²) in [4.78, 5) is 10.3. The van der Waals surface area contributed by atoms with E-state index in [4.69, 9.17) is 9.47 Å². The third kappa shape index (κ3) is 3.34. The molecule has 98 valence electrons. The summed E-state index contributed by atoms with van der Waals surface area (Å²) < 4.78 is 11.7. The van der Waals surface area contributed by atoms with E-state index in [9.17, 15) is 10.1 Å². The third-order valence-corrected chi connectivity index (χ3v) is 3.05. The molecule has 0 radical (unpaired) electrons. The van der Waals surface area contributed by atoms with Crippen molar-refractivity contribution in [3.8, 4) is 17.2 Å². The van der Waals surface area contributed by atoms with Crippen LogP contribution in [0.3, 0.4) is 0 Å². The van der Waals surface area contributed by atoms with Crippen molar-refractivity contribution in [2.75, 3.05) is 7.11 Å². The zero-order valence-electron chi connectivity index (χ0n) is 10.00. The van der Waals surface area contributed by atoms with Crippen LogP contribution in [0.1, 0.15) is 0 Å². The van der Waals surface area contributed by atoms with Crippen LogP contribution >= 0.6 is 22.6 Å². The highest BCUT2D eigenvalue weighted by atomic mass is 127. The Morgan fingerprint density at radius 2 is 1.89 bits per heavy atom. The Balaban J connectivity index is 2.29. The number of nitro benzene ring substituents is 1. The van der Waals surface area contributed by atoms with Crippen LogP contribution in [-0.2, 0) is 0 Å². The molecule has 0 fully saturated rings. The fourth-order valence-corrected chi connectivity index (χ4v) is 2.05. The average Bonchev–Trinajstić information content (AvgIpc) is 2.38. The highest BCUT2D eigenvalue weighted by molar-refractivity contribution is 14.1. The molecule has 0 spiro atoms. The minimum Gasteiger partial charge on any atom is -0.490 e. The molecule has 0 saturated heterocycles. The molecular formula is C13H10INO4. The standard InChI is InChI=1S/C13H10INO4/c1-18-13-8-11(5-6-12(13)15(16)17)19-10-4-2-3-9(14)7-10/h2-8H,1H3. The Labute approximate surface area is 123 Å². The van der Waals surface area contributed by atoms with Crippen molar-refractivity contribution in [2.24, 2.45) is 0 Å². The van der Waals surface area contributed by atoms with E-state index in [1.807, 2.05) is 24.3 Å². The van der Waals surface area contributed by atoms with Crippen LogP contribution in [0.25, 0.3) is 0 Å². The van der Waals surface area contributed by atoms with Gasteiger partial charge in [-0.15, -0.1) is 0 Å². The molecule has 0 N–H and O–H groups in total. The van der Waals surface area contributed by atoms with E-state index in [-0.39, 0.29) is 11.4 Å². The van der Waals surface area contributed by atoms with E-state index >= 15 is 0 Å². The second-order valence-corrected chi connectivity index (χ2v) is 4.90. The SMILES string of the molecule is COc1cc(Oc2cccc(I)c2)ccc1[N+](=O)[O-]. The van der Waals surface area contributed by atoms with Crippen LogP contribution in [0.4, 0.5) is 5.69 Å². The number of benzene rings is 2. The van der Waals surface area contributed by atoms with Crippen molar-refractivity contribution in [3.63, 3.8) is 0 Å². The van der Waals surface area contributed by atoms with Gasteiger partial charge < -0.3 is 9.47 Å². The van der Waals surface area contributed by atoms with Crippen molar-refractivity contribution >= 4 is 28.3 Å². The van der Waals surface area contributed by atoms with Gasteiger partial charge in [-0.25, -0.2) is 0 Å². The Bertz CT molecular complexity index is 615. The number of methoxy groups -OCH3 is 1. The first kappa shape index (κ1) is 13.6. The third-order valence-electron chi connectivity index (χ3n) is 2.38. The molecule has 2 aromatic rings. The monoisotopic (exact) mass is 371 g/mol. The molecule has 2 rings (SSSR count). The van der Waals surface area contributed by atoms with Gasteiger partial charge in [0.15, 0.2) is 0 Å². The topological polar surface area (TPSA) is 61.6 Å². The molecule has 0 heterocycles. The highest BCUT2D eigenvalue weighted by Gasteiger charge is 2.15. The Kier molecular flexibility index (Phi) is 4.20. The van der Waals surface area contributed by atoms with Crippen LogP contribution in [0.15, 0.2) is 42.5 Å². The molecule has 0 aliphatic rings. The molecular weight excluding hydrogens is 361 g/mol. The lowest BCUT2D eigenvalue weighted by Gasteiger charge is -2.08. The van der Waals surface area contributed by atoms with E-state index < -0.39 is 4.92 Å². The van der Waals surface area contributed by atoms with Crippen LogP contribution in [0.2, 0.25) is 0 Å². The normalized spacial score (nSPS) is 10.0. The summed E-state index contributed by atoms with van der Waals surface area (Å²) in [7, 11) is 1.39. The molecule has 6 heteroatoms. The number of halogens is 1. The summed E-state index contributed by atoms with van der Waals surface area (Å²) in [6.45, 7) is 0. The first-order valence-electron chi connectivity index (χ1n) is 5.36. The summed E-state index contributed by atoms with van der Waals surface area (Å²) in [6, 6.07) is 11.9. The van der Waals surface area contributed by atoms with Gasteiger partial charge in [0, 0.05) is 15.7 Å². The molecule has 0 aliphatic carbocycles. The number of rotatable bonds is 4. The van der Waals surface area contributed by atoms with Crippen LogP contribution in [0.5, 0.6) is 17.2 Å². The van der Waals surface area contributed by atoms with Crippen molar-refractivity contribution < 1.29 is 14.4 Å². The van der Waals surface area contributed by atoms with Crippen LogP contribution in [-0.4, -0.2) is 12.0 Å². The van der Waals surface area contributed by atoms with E-state index in [2.05, 4.69) is 22.6 Å². The molecule has 0 atom stereocenters. The highest BCUT2D eigenvalue weighted by Crippen LogP contribution is 2.33. The molecule has 0 aromatic heterocycles. The maximum atomic E-state index is 10.8. The zero-order valence-corrected chi connectivity index (χ0v) is 12.2. The predicted molar refractivity (Wildman–Crippen MR) is 78.9 cm³/mol. The van der Waals surface area contributed by atoms with E-state index in [0.29, 0.717) is 11.5 Å². The molecule has 5 nitrogen and oxygen atoms in total. The van der Waals surface area contributed by atoms with E-state index in [0.717, 1.165) is 3.57 Å². The molecule has 0 bridgehead atoms. The van der Waals surface area contributed by atoms with Gasteiger partial charge in [0.05, 0.1) is 12.0 Å². The maximum absolute atomic E-state index is 10.8. The summed E-state index contributed by atoms with van der Waals surface area (Å²) >= 11 is 2.18. The fourth-order valence-electron chi connectivity index (χ4n) is 1.54. The quantitative estimate of drug-likeness (QED) is 0.463. The zero-order chi connectivity index (χ0) is 13.8. The van der Waals surface area contributed by atoms with Gasteiger partial charge in [0.2, 0.25) is 5.75 Å². The summed E-state index contributed by atoms with van der Waals surface area (Å²) in [6.07, 6.45) is 0. The fraction of sp³-hybridized carbons (Fsp3) is 0.0769. The van der Waals surface area contributed by atoms with Gasteiger partial charge in [-0.3, -0.25) is 10.1 Å². The molecule has 19 heavy (non-hydrogen) atoms. The Morgan fingerprint density at radius 3 is 2.53 bits per heavy atom. The lowest BCUT2D eigenvalue weighted by atomic mass is 10.2. The first-order chi connectivity index (χ1) is 9.10. The smallest absolute Gasteiger partial charge is 0.311 e. The Hall–Kier alpha value is -1.83.